The standard InChI is InChI=1S/C16H34N2O2/c1-6-17-14-7-8-16(2,3)13-15(14)18(9-11-19-4)10-12-20-5/h14-15,17H,6-13H2,1-5H3. The molecule has 4 nitrogen and oxygen atoms in total. The number of hydrogen-bond acceptors (Lipinski definition) is 4. The normalized spacial score (nSPS) is 26.1. The second-order valence-corrected chi connectivity index (χ2v) is 6.66. The first kappa shape index (κ1) is 17.9. The van der Waals surface area contributed by atoms with Gasteiger partial charge in [-0.3, -0.25) is 4.90 Å². The van der Waals surface area contributed by atoms with E-state index in [0.717, 1.165) is 32.8 Å². The van der Waals surface area contributed by atoms with E-state index < -0.39 is 0 Å². The number of ether oxygens (including phenoxy) is 2. The van der Waals surface area contributed by atoms with E-state index in [-0.39, 0.29) is 0 Å². The molecule has 0 saturated heterocycles. The fourth-order valence-electron chi connectivity index (χ4n) is 3.29. The molecule has 0 amide bonds. The van der Waals surface area contributed by atoms with Crippen molar-refractivity contribution in [3.63, 3.8) is 0 Å². The quantitative estimate of drug-likeness (QED) is 0.704. The molecule has 0 aromatic heterocycles. The Morgan fingerprint density at radius 1 is 1.15 bits per heavy atom. The molecule has 1 N–H and O–H groups in total. The van der Waals surface area contributed by atoms with Gasteiger partial charge in [0.2, 0.25) is 0 Å². The summed E-state index contributed by atoms with van der Waals surface area (Å²) in [5, 5.41) is 3.68. The third-order valence-electron chi connectivity index (χ3n) is 4.46. The van der Waals surface area contributed by atoms with Crippen molar-refractivity contribution in [2.45, 2.75) is 52.1 Å². The minimum atomic E-state index is 0.439. The lowest BCUT2D eigenvalue weighted by molar-refractivity contribution is 0.0303. The van der Waals surface area contributed by atoms with E-state index >= 15 is 0 Å². The van der Waals surface area contributed by atoms with E-state index in [1.54, 1.807) is 14.2 Å². The third-order valence-corrected chi connectivity index (χ3v) is 4.46. The zero-order valence-corrected chi connectivity index (χ0v) is 14.1. The molecular formula is C16H34N2O2. The Kier molecular flexibility index (Phi) is 8.03. The van der Waals surface area contributed by atoms with Crippen LogP contribution in [-0.2, 0) is 9.47 Å². The first-order chi connectivity index (χ1) is 9.54. The van der Waals surface area contributed by atoms with Crippen LogP contribution in [0.1, 0.15) is 40.0 Å². The molecule has 20 heavy (non-hydrogen) atoms. The van der Waals surface area contributed by atoms with Crippen LogP contribution in [0.4, 0.5) is 0 Å². The Bertz CT molecular complexity index is 251. The van der Waals surface area contributed by atoms with Crippen molar-refractivity contribution in [2.75, 3.05) is 47.1 Å². The largest absolute Gasteiger partial charge is 0.383 e. The van der Waals surface area contributed by atoms with Crippen molar-refractivity contribution in [1.29, 1.82) is 0 Å². The molecule has 0 heterocycles. The second-order valence-electron chi connectivity index (χ2n) is 6.66. The van der Waals surface area contributed by atoms with Crippen LogP contribution in [0.15, 0.2) is 0 Å². The van der Waals surface area contributed by atoms with E-state index in [1.807, 2.05) is 0 Å². The lowest BCUT2D eigenvalue weighted by atomic mass is 9.72. The van der Waals surface area contributed by atoms with E-state index in [0.29, 0.717) is 17.5 Å². The highest BCUT2D eigenvalue weighted by Gasteiger charge is 2.37. The smallest absolute Gasteiger partial charge is 0.0589 e. The van der Waals surface area contributed by atoms with Gasteiger partial charge in [0, 0.05) is 39.4 Å². The molecule has 2 atom stereocenters. The molecule has 1 rings (SSSR count). The number of nitrogens with zero attached hydrogens (tertiary/aromatic N) is 1. The van der Waals surface area contributed by atoms with Gasteiger partial charge in [-0.05, 0) is 31.2 Å². The number of nitrogens with one attached hydrogen (secondary N) is 1. The summed E-state index contributed by atoms with van der Waals surface area (Å²) in [6, 6.07) is 1.19. The highest BCUT2D eigenvalue weighted by molar-refractivity contribution is 4.94. The minimum Gasteiger partial charge on any atom is -0.383 e. The van der Waals surface area contributed by atoms with Crippen LogP contribution >= 0.6 is 0 Å². The molecule has 0 bridgehead atoms. The summed E-state index contributed by atoms with van der Waals surface area (Å²) in [7, 11) is 3.56. The monoisotopic (exact) mass is 286 g/mol. The van der Waals surface area contributed by atoms with Gasteiger partial charge in [0.1, 0.15) is 0 Å². The SMILES string of the molecule is CCNC1CCC(C)(C)CC1N(CCOC)CCOC. The Morgan fingerprint density at radius 3 is 2.25 bits per heavy atom. The maximum absolute atomic E-state index is 5.29. The number of hydrogen-bond donors (Lipinski definition) is 1. The van der Waals surface area contributed by atoms with Gasteiger partial charge < -0.3 is 14.8 Å². The van der Waals surface area contributed by atoms with E-state index in [1.165, 1.54) is 19.3 Å². The molecule has 0 aliphatic heterocycles. The van der Waals surface area contributed by atoms with E-state index in [9.17, 15) is 0 Å². The molecule has 1 saturated carbocycles. The summed E-state index contributed by atoms with van der Waals surface area (Å²) in [6.07, 6.45) is 3.82. The van der Waals surface area contributed by atoms with Gasteiger partial charge in [-0.25, -0.2) is 0 Å². The summed E-state index contributed by atoms with van der Waals surface area (Å²) >= 11 is 0. The van der Waals surface area contributed by atoms with E-state index in [2.05, 4.69) is 31.0 Å². The summed E-state index contributed by atoms with van der Waals surface area (Å²) < 4.78 is 10.6. The van der Waals surface area contributed by atoms with Crippen LogP contribution in [0.5, 0.6) is 0 Å². The van der Waals surface area contributed by atoms with Crippen molar-refractivity contribution in [3.05, 3.63) is 0 Å². The number of methoxy groups -OCH3 is 2. The summed E-state index contributed by atoms with van der Waals surface area (Å²) in [4.78, 5) is 2.56. The van der Waals surface area contributed by atoms with Crippen LogP contribution in [0.3, 0.4) is 0 Å². The van der Waals surface area contributed by atoms with Crippen molar-refractivity contribution >= 4 is 0 Å². The topological polar surface area (TPSA) is 33.7 Å². The van der Waals surface area contributed by atoms with Crippen LogP contribution in [0.25, 0.3) is 0 Å². The summed E-state index contributed by atoms with van der Waals surface area (Å²) in [6.45, 7) is 11.6. The molecular weight excluding hydrogens is 252 g/mol. The Morgan fingerprint density at radius 2 is 1.75 bits per heavy atom. The number of likely N-dealkylation sites (N-methyl/N-ethyl adjacent to an activating group) is 1. The first-order valence-corrected chi connectivity index (χ1v) is 7.99. The predicted octanol–water partition coefficient (Wildman–Crippen LogP) is 2.14. The zero-order chi connectivity index (χ0) is 15.0. The molecule has 1 fully saturated rings. The Labute approximate surface area is 125 Å². The fraction of sp³-hybridized carbons (Fsp3) is 1.00. The maximum Gasteiger partial charge on any atom is 0.0589 e. The Hall–Kier alpha value is -0.160. The fourth-order valence-corrected chi connectivity index (χ4v) is 3.29. The first-order valence-electron chi connectivity index (χ1n) is 7.99. The predicted molar refractivity (Wildman–Crippen MR) is 84.2 cm³/mol. The zero-order valence-electron chi connectivity index (χ0n) is 14.1. The van der Waals surface area contributed by atoms with Gasteiger partial charge in [-0.1, -0.05) is 20.8 Å². The van der Waals surface area contributed by atoms with E-state index in [4.69, 9.17) is 9.47 Å². The highest BCUT2D eigenvalue weighted by Crippen LogP contribution is 2.37. The van der Waals surface area contributed by atoms with Gasteiger partial charge in [-0.2, -0.15) is 0 Å². The second kappa shape index (κ2) is 8.98. The molecule has 2 unspecified atom stereocenters. The van der Waals surface area contributed by atoms with Gasteiger partial charge in [0.25, 0.3) is 0 Å². The Balaban J connectivity index is 2.73. The molecule has 0 aromatic carbocycles. The average Bonchev–Trinajstić information content (AvgIpc) is 2.41. The average molecular weight is 286 g/mol. The maximum atomic E-state index is 5.29. The van der Waals surface area contributed by atoms with Gasteiger partial charge in [0.15, 0.2) is 0 Å². The molecule has 0 aromatic rings. The van der Waals surface area contributed by atoms with Crippen LogP contribution in [-0.4, -0.2) is 64.1 Å². The van der Waals surface area contributed by atoms with Crippen LogP contribution in [0.2, 0.25) is 0 Å². The van der Waals surface area contributed by atoms with Crippen molar-refractivity contribution < 1.29 is 9.47 Å². The molecule has 0 radical (unpaired) electrons. The molecule has 0 spiro atoms. The molecule has 4 heteroatoms. The summed E-state index contributed by atoms with van der Waals surface area (Å²) in [5.41, 5.74) is 0.439. The lowest BCUT2D eigenvalue weighted by Crippen LogP contribution is -2.56. The van der Waals surface area contributed by atoms with Crippen LogP contribution < -0.4 is 5.32 Å². The number of rotatable bonds is 9. The van der Waals surface area contributed by atoms with Crippen LogP contribution in [0, 0.1) is 5.41 Å². The minimum absolute atomic E-state index is 0.439. The van der Waals surface area contributed by atoms with Crippen molar-refractivity contribution in [1.82, 2.24) is 10.2 Å². The lowest BCUT2D eigenvalue weighted by Gasteiger charge is -2.46. The summed E-state index contributed by atoms with van der Waals surface area (Å²) in [5.74, 6) is 0. The molecule has 120 valence electrons. The third kappa shape index (κ3) is 5.68. The van der Waals surface area contributed by atoms with Gasteiger partial charge >= 0.3 is 0 Å². The molecule has 1 aliphatic rings. The van der Waals surface area contributed by atoms with Crippen molar-refractivity contribution in [3.8, 4) is 0 Å². The van der Waals surface area contributed by atoms with Gasteiger partial charge in [-0.15, -0.1) is 0 Å². The van der Waals surface area contributed by atoms with Gasteiger partial charge in [0.05, 0.1) is 13.2 Å². The highest BCUT2D eigenvalue weighted by atomic mass is 16.5. The van der Waals surface area contributed by atoms with Crippen molar-refractivity contribution in [2.24, 2.45) is 5.41 Å². The molecule has 1 aliphatic carbocycles.